The molecule has 0 saturated carbocycles. The SMILES string of the molecule is CC(C)c1nc2cc(S(=O)(=O)Cl)ccc2o1. The van der Waals surface area contributed by atoms with Crippen LogP contribution in [0.3, 0.4) is 0 Å². The predicted octanol–water partition coefficient (Wildman–Crippen LogP) is 2.88. The standard InChI is InChI=1S/C10H10ClNO3S/c1-6(2)10-12-8-5-7(16(11,13)14)3-4-9(8)15-10/h3-6H,1-2H3. The molecule has 1 aromatic heterocycles. The Bertz CT molecular complexity index is 631. The van der Waals surface area contributed by atoms with Gasteiger partial charge >= 0.3 is 0 Å². The number of aromatic nitrogens is 1. The van der Waals surface area contributed by atoms with Crippen molar-refractivity contribution >= 4 is 30.8 Å². The zero-order chi connectivity index (χ0) is 11.9. The van der Waals surface area contributed by atoms with Gasteiger partial charge < -0.3 is 4.42 Å². The first-order valence-electron chi connectivity index (χ1n) is 4.73. The molecule has 0 N–H and O–H groups in total. The summed E-state index contributed by atoms with van der Waals surface area (Å²) in [5, 5.41) is 0. The first-order chi connectivity index (χ1) is 7.38. The molecule has 0 amide bonds. The molecule has 0 spiro atoms. The number of oxazole rings is 1. The highest BCUT2D eigenvalue weighted by Crippen LogP contribution is 2.24. The van der Waals surface area contributed by atoms with Crippen molar-refractivity contribution in [2.45, 2.75) is 24.7 Å². The maximum atomic E-state index is 11.1. The monoisotopic (exact) mass is 259 g/mol. The molecule has 0 saturated heterocycles. The Morgan fingerprint density at radius 3 is 2.62 bits per heavy atom. The van der Waals surface area contributed by atoms with E-state index in [0.717, 1.165) is 0 Å². The summed E-state index contributed by atoms with van der Waals surface area (Å²) >= 11 is 0. The first-order valence-corrected chi connectivity index (χ1v) is 7.04. The molecule has 0 bridgehead atoms. The second-order valence-electron chi connectivity index (χ2n) is 3.77. The fraction of sp³-hybridized carbons (Fsp3) is 0.300. The van der Waals surface area contributed by atoms with Gasteiger partial charge in [-0.2, -0.15) is 0 Å². The average molecular weight is 260 g/mol. The van der Waals surface area contributed by atoms with Crippen LogP contribution in [-0.2, 0) is 9.05 Å². The highest BCUT2D eigenvalue weighted by atomic mass is 35.7. The zero-order valence-corrected chi connectivity index (χ0v) is 10.3. The van der Waals surface area contributed by atoms with Gasteiger partial charge in [-0.15, -0.1) is 0 Å². The van der Waals surface area contributed by atoms with Crippen LogP contribution in [0.15, 0.2) is 27.5 Å². The summed E-state index contributed by atoms with van der Waals surface area (Å²) in [7, 11) is 1.53. The van der Waals surface area contributed by atoms with Crippen molar-refractivity contribution in [1.29, 1.82) is 0 Å². The van der Waals surface area contributed by atoms with Crippen molar-refractivity contribution in [3.63, 3.8) is 0 Å². The van der Waals surface area contributed by atoms with Crippen LogP contribution in [0.2, 0.25) is 0 Å². The van der Waals surface area contributed by atoms with Gasteiger partial charge in [-0.25, -0.2) is 13.4 Å². The third-order valence-electron chi connectivity index (χ3n) is 2.15. The van der Waals surface area contributed by atoms with Crippen LogP contribution in [0.4, 0.5) is 0 Å². The number of nitrogens with zero attached hydrogens (tertiary/aromatic N) is 1. The molecule has 1 aromatic carbocycles. The van der Waals surface area contributed by atoms with E-state index < -0.39 is 9.05 Å². The Hall–Kier alpha value is -1.07. The van der Waals surface area contributed by atoms with Gasteiger partial charge in [-0.05, 0) is 18.2 Å². The quantitative estimate of drug-likeness (QED) is 0.778. The molecule has 1 heterocycles. The van der Waals surface area contributed by atoms with Crippen LogP contribution in [0, 0.1) is 0 Å². The Balaban J connectivity index is 2.63. The van der Waals surface area contributed by atoms with E-state index in [1.165, 1.54) is 12.1 Å². The summed E-state index contributed by atoms with van der Waals surface area (Å²) in [6.45, 7) is 3.90. The molecule has 2 aromatic rings. The van der Waals surface area contributed by atoms with Crippen LogP contribution < -0.4 is 0 Å². The summed E-state index contributed by atoms with van der Waals surface area (Å²) < 4.78 is 27.7. The van der Waals surface area contributed by atoms with Gasteiger partial charge in [0.05, 0.1) is 4.90 Å². The second kappa shape index (κ2) is 3.75. The molecule has 6 heteroatoms. The highest BCUT2D eigenvalue weighted by Gasteiger charge is 2.14. The molecule has 4 nitrogen and oxygen atoms in total. The van der Waals surface area contributed by atoms with E-state index in [0.29, 0.717) is 17.0 Å². The fourth-order valence-electron chi connectivity index (χ4n) is 1.32. The molecule has 0 aliphatic rings. The number of hydrogen-bond acceptors (Lipinski definition) is 4. The van der Waals surface area contributed by atoms with Gasteiger partial charge in [0.25, 0.3) is 9.05 Å². The third-order valence-corrected chi connectivity index (χ3v) is 3.50. The Kier molecular flexibility index (Phi) is 2.67. The van der Waals surface area contributed by atoms with E-state index in [2.05, 4.69) is 4.98 Å². The fourth-order valence-corrected chi connectivity index (χ4v) is 2.09. The van der Waals surface area contributed by atoms with E-state index in [4.69, 9.17) is 15.1 Å². The van der Waals surface area contributed by atoms with Crippen molar-refractivity contribution < 1.29 is 12.8 Å². The minimum atomic E-state index is -3.71. The molecular formula is C10H10ClNO3S. The van der Waals surface area contributed by atoms with Gasteiger partial charge in [0, 0.05) is 16.6 Å². The Morgan fingerprint density at radius 2 is 2.06 bits per heavy atom. The van der Waals surface area contributed by atoms with Crippen LogP contribution in [0.1, 0.15) is 25.7 Å². The maximum Gasteiger partial charge on any atom is 0.261 e. The zero-order valence-electron chi connectivity index (χ0n) is 8.77. The van der Waals surface area contributed by atoms with Crippen LogP contribution in [-0.4, -0.2) is 13.4 Å². The van der Waals surface area contributed by atoms with Crippen molar-refractivity contribution in [3.05, 3.63) is 24.1 Å². The second-order valence-corrected chi connectivity index (χ2v) is 6.34. The van der Waals surface area contributed by atoms with E-state index >= 15 is 0 Å². The molecule has 2 rings (SSSR count). The molecule has 16 heavy (non-hydrogen) atoms. The molecule has 0 aliphatic carbocycles. The minimum Gasteiger partial charge on any atom is -0.440 e. The van der Waals surface area contributed by atoms with E-state index in [1.54, 1.807) is 6.07 Å². The first kappa shape index (κ1) is 11.4. The number of hydrogen-bond donors (Lipinski definition) is 0. The average Bonchev–Trinajstić information content (AvgIpc) is 2.58. The number of rotatable bonds is 2. The van der Waals surface area contributed by atoms with Crippen LogP contribution in [0.5, 0.6) is 0 Å². The predicted molar refractivity (Wildman–Crippen MR) is 61.1 cm³/mol. The summed E-state index contributed by atoms with van der Waals surface area (Å²) in [5.41, 5.74) is 1.07. The van der Waals surface area contributed by atoms with Gasteiger partial charge in [0.15, 0.2) is 11.5 Å². The summed E-state index contributed by atoms with van der Waals surface area (Å²) in [6, 6.07) is 4.37. The molecule has 86 valence electrons. The van der Waals surface area contributed by atoms with Crippen LogP contribution >= 0.6 is 10.7 Å². The lowest BCUT2D eigenvalue weighted by Gasteiger charge is -1.93. The van der Waals surface area contributed by atoms with Crippen molar-refractivity contribution in [3.8, 4) is 0 Å². The molecule has 0 atom stereocenters. The lowest BCUT2D eigenvalue weighted by atomic mass is 10.2. The molecular weight excluding hydrogens is 250 g/mol. The third kappa shape index (κ3) is 2.05. The van der Waals surface area contributed by atoms with Gasteiger partial charge in [-0.1, -0.05) is 13.8 Å². The lowest BCUT2D eigenvalue weighted by Crippen LogP contribution is -1.89. The summed E-state index contributed by atoms with van der Waals surface area (Å²) in [6.07, 6.45) is 0. The summed E-state index contributed by atoms with van der Waals surface area (Å²) in [4.78, 5) is 4.23. The molecule has 0 aliphatic heterocycles. The smallest absolute Gasteiger partial charge is 0.261 e. The minimum absolute atomic E-state index is 0.0327. The van der Waals surface area contributed by atoms with E-state index in [-0.39, 0.29) is 10.8 Å². The van der Waals surface area contributed by atoms with Gasteiger partial charge in [0.2, 0.25) is 0 Å². The van der Waals surface area contributed by atoms with Crippen molar-refractivity contribution in [1.82, 2.24) is 4.98 Å². The molecule has 0 unspecified atom stereocenters. The lowest BCUT2D eigenvalue weighted by molar-refractivity contribution is 0.501. The van der Waals surface area contributed by atoms with Gasteiger partial charge in [0.1, 0.15) is 5.52 Å². The normalized spacial score (nSPS) is 12.5. The Labute approximate surface area is 97.7 Å². The van der Waals surface area contributed by atoms with Crippen LogP contribution in [0.25, 0.3) is 11.1 Å². The summed E-state index contributed by atoms with van der Waals surface area (Å²) in [5.74, 6) is 0.738. The number of halogens is 1. The number of benzene rings is 1. The van der Waals surface area contributed by atoms with Crippen molar-refractivity contribution in [2.75, 3.05) is 0 Å². The largest absolute Gasteiger partial charge is 0.440 e. The topological polar surface area (TPSA) is 60.2 Å². The van der Waals surface area contributed by atoms with E-state index in [9.17, 15) is 8.42 Å². The van der Waals surface area contributed by atoms with E-state index in [1.807, 2.05) is 13.8 Å². The van der Waals surface area contributed by atoms with Crippen molar-refractivity contribution in [2.24, 2.45) is 0 Å². The van der Waals surface area contributed by atoms with Gasteiger partial charge in [-0.3, -0.25) is 0 Å². The number of fused-ring (bicyclic) bond motifs is 1. The Morgan fingerprint density at radius 1 is 1.38 bits per heavy atom. The maximum absolute atomic E-state index is 11.1. The molecule has 0 fully saturated rings. The highest BCUT2D eigenvalue weighted by molar-refractivity contribution is 8.13. The molecule has 0 radical (unpaired) electrons.